The molecule has 1 aliphatic heterocycles. The Kier molecular flexibility index (Phi) is 5.21. The maximum atomic E-state index is 5.54. The van der Waals surface area contributed by atoms with Crippen molar-refractivity contribution in [3.8, 4) is 11.5 Å². The van der Waals surface area contributed by atoms with Crippen LogP contribution in [0.3, 0.4) is 0 Å². The zero-order valence-corrected chi connectivity index (χ0v) is 18.4. The molecular formula is C19H21IN4O2S. The second-order valence-corrected chi connectivity index (χ2v) is 9.50. The first kappa shape index (κ1) is 18.8. The molecular weight excluding hydrogens is 475 g/mol. The average Bonchev–Trinajstić information content (AvgIpc) is 3.19. The van der Waals surface area contributed by atoms with Crippen molar-refractivity contribution >= 4 is 45.4 Å². The zero-order chi connectivity index (χ0) is 19.0. The summed E-state index contributed by atoms with van der Waals surface area (Å²) in [5, 5.41) is 4.50. The van der Waals surface area contributed by atoms with Gasteiger partial charge in [0.1, 0.15) is 5.52 Å². The summed E-state index contributed by atoms with van der Waals surface area (Å²) in [6, 6.07) is 6.07. The number of hydrogen-bond donors (Lipinski definition) is 1. The van der Waals surface area contributed by atoms with E-state index in [0.717, 1.165) is 49.2 Å². The van der Waals surface area contributed by atoms with E-state index in [-0.39, 0.29) is 12.3 Å². The van der Waals surface area contributed by atoms with Crippen LogP contribution in [0.1, 0.15) is 20.8 Å². The number of rotatable bonds is 5. The minimum atomic E-state index is 0.0813. The van der Waals surface area contributed by atoms with Gasteiger partial charge in [0.25, 0.3) is 0 Å². The Morgan fingerprint density at radius 3 is 2.81 bits per heavy atom. The van der Waals surface area contributed by atoms with E-state index in [2.05, 4.69) is 58.2 Å². The molecule has 0 aliphatic carbocycles. The summed E-state index contributed by atoms with van der Waals surface area (Å²) in [5.41, 5.74) is 2.09. The highest BCUT2D eigenvalue weighted by atomic mass is 127. The quantitative estimate of drug-likeness (QED) is 0.532. The van der Waals surface area contributed by atoms with E-state index < -0.39 is 0 Å². The molecule has 142 valence electrons. The predicted molar refractivity (Wildman–Crippen MR) is 115 cm³/mol. The summed E-state index contributed by atoms with van der Waals surface area (Å²) in [7, 11) is 0. The summed E-state index contributed by atoms with van der Waals surface area (Å²) in [5.74, 6) is 1.59. The van der Waals surface area contributed by atoms with E-state index in [1.165, 1.54) is 0 Å². The summed E-state index contributed by atoms with van der Waals surface area (Å²) in [4.78, 5) is 10.1. The van der Waals surface area contributed by atoms with Gasteiger partial charge in [0.05, 0.1) is 11.7 Å². The number of nitrogens with zero attached hydrogens (tertiary/aromatic N) is 3. The average molecular weight is 496 g/mol. The first-order chi connectivity index (χ1) is 12.9. The van der Waals surface area contributed by atoms with Gasteiger partial charge in [-0.15, -0.1) is 0 Å². The van der Waals surface area contributed by atoms with Gasteiger partial charge in [0.15, 0.2) is 16.7 Å². The van der Waals surface area contributed by atoms with Gasteiger partial charge in [-0.2, -0.15) is 0 Å². The van der Waals surface area contributed by atoms with Crippen molar-refractivity contribution in [3.05, 3.63) is 34.2 Å². The molecule has 4 rings (SSSR count). The van der Waals surface area contributed by atoms with Gasteiger partial charge in [-0.3, -0.25) is 4.98 Å². The number of nitrogens with one attached hydrogen (secondary N) is 1. The molecule has 3 heterocycles. The first-order valence-corrected chi connectivity index (χ1v) is 10.6. The standard InChI is InChI=1S/C19H21IN4O2S/c1-19(2,3)22-6-7-24-14-4-5-21-10-13(14)23-18(24)27-17-9-16-15(8-12(17)20)25-11-26-16/h4-5,8-10,22H,6-7,11H2,1-3H3. The van der Waals surface area contributed by atoms with Crippen LogP contribution >= 0.6 is 34.4 Å². The Morgan fingerprint density at radius 2 is 2.04 bits per heavy atom. The number of pyridine rings is 1. The van der Waals surface area contributed by atoms with Crippen LogP contribution in [0.25, 0.3) is 11.0 Å². The molecule has 8 heteroatoms. The van der Waals surface area contributed by atoms with Crippen LogP contribution in [0.2, 0.25) is 0 Å². The minimum Gasteiger partial charge on any atom is -0.454 e. The summed E-state index contributed by atoms with van der Waals surface area (Å²) < 4.78 is 14.4. The molecule has 0 bridgehead atoms. The van der Waals surface area contributed by atoms with Crippen LogP contribution in [-0.4, -0.2) is 33.4 Å². The molecule has 0 radical (unpaired) electrons. The Balaban J connectivity index is 1.66. The van der Waals surface area contributed by atoms with Gasteiger partial charge in [-0.25, -0.2) is 4.98 Å². The van der Waals surface area contributed by atoms with Gasteiger partial charge >= 0.3 is 0 Å². The molecule has 6 nitrogen and oxygen atoms in total. The van der Waals surface area contributed by atoms with E-state index in [4.69, 9.17) is 14.5 Å². The summed E-state index contributed by atoms with van der Waals surface area (Å²) in [6.45, 7) is 8.50. The van der Waals surface area contributed by atoms with Gasteiger partial charge in [-0.05, 0) is 61.6 Å². The van der Waals surface area contributed by atoms with Crippen LogP contribution < -0.4 is 14.8 Å². The van der Waals surface area contributed by atoms with Crippen molar-refractivity contribution in [2.24, 2.45) is 0 Å². The molecule has 0 atom stereocenters. The van der Waals surface area contributed by atoms with Crippen LogP contribution in [0.5, 0.6) is 11.5 Å². The van der Waals surface area contributed by atoms with Crippen LogP contribution in [0.15, 0.2) is 40.6 Å². The lowest BCUT2D eigenvalue weighted by molar-refractivity contribution is 0.174. The Bertz CT molecular complexity index is 984. The van der Waals surface area contributed by atoms with E-state index in [1.54, 1.807) is 11.8 Å². The van der Waals surface area contributed by atoms with Gasteiger partial charge in [0.2, 0.25) is 6.79 Å². The van der Waals surface area contributed by atoms with Crippen molar-refractivity contribution < 1.29 is 9.47 Å². The van der Waals surface area contributed by atoms with Crippen molar-refractivity contribution in [2.75, 3.05) is 13.3 Å². The molecule has 0 unspecified atom stereocenters. The lowest BCUT2D eigenvalue weighted by atomic mass is 10.1. The highest BCUT2D eigenvalue weighted by molar-refractivity contribution is 14.1. The van der Waals surface area contributed by atoms with Crippen molar-refractivity contribution in [1.29, 1.82) is 0 Å². The number of hydrogen-bond acceptors (Lipinski definition) is 6. The highest BCUT2D eigenvalue weighted by Crippen LogP contribution is 2.41. The molecule has 1 aliphatic rings. The predicted octanol–water partition coefficient (Wildman–Crippen LogP) is 4.30. The third-order valence-electron chi connectivity index (χ3n) is 4.13. The molecule has 0 saturated carbocycles. The minimum absolute atomic E-state index is 0.0813. The van der Waals surface area contributed by atoms with Crippen LogP contribution in [0.4, 0.5) is 0 Å². The Labute approximate surface area is 176 Å². The van der Waals surface area contributed by atoms with Crippen molar-refractivity contribution in [1.82, 2.24) is 19.9 Å². The monoisotopic (exact) mass is 496 g/mol. The smallest absolute Gasteiger partial charge is 0.231 e. The van der Waals surface area contributed by atoms with Crippen LogP contribution in [-0.2, 0) is 6.54 Å². The molecule has 1 N–H and O–H groups in total. The number of imidazole rings is 1. The van der Waals surface area contributed by atoms with Gasteiger partial charge in [0, 0.05) is 33.3 Å². The number of benzene rings is 1. The third-order valence-corrected chi connectivity index (χ3v) is 6.45. The van der Waals surface area contributed by atoms with Gasteiger partial charge in [-0.1, -0.05) is 11.8 Å². The number of fused-ring (bicyclic) bond motifs is 2. The SMILES string of the molecule is CC(C)(C)NCCn1c(Sc2cc3c(cc2I)OCO3)nc2cnccc21. The van der Waals surface area contributed by atoms with Crippen LogP contribution in [0, 0.1) is 3.57 Å². The second-order valence-electron chi connectivity index (χ2n) is 7.33. The number of aromatic nitrogens is 3. The normalized spacial score (nSPS) is 13.5. The van der Waals surface area contributed by atoms with E-state index in [1.807, 2.05) is 30.6 Å². The molecule has 0 fully saturated rings. The molecule has 27 heavy (non-hydrogen) atoms. The van der Waals surface area contributed by atoms with E-state index >= 15 is 0 Å². The molecule has 1 aromatic carbocycles. The molecule has 0 spiro atoms. The fourth-order valence-corrected chi connectivity index (χ4v) is 4.60. The van der Waals surface area contributed by atoms with Gasteiger partial charge < -0.3 is 19.4 Å². The number of ether oxygens (including phenoxy) is 2. The van der Waals surface area contributed by atoms with E-state index in [9.17, 15) is 0 Å². The fraction of sp³-hybridized carbons (Fsp3) is 0.368. The summed E-state index contributed by atoms with van der Waals surface area (Å²) in [6.07, 6.45) is 3.63. The largest absolute Gasteiger partial charge is 0.454 e. The fourth-order valence-electron chi connectivity index (χ4n) is 2.87. The van der Waals surface area contributed by atoms with Crippen molar-refractivity contribution in [3.63, 3.8) is 0 Å². The lowest BCUT2D eigenvalue weighted by Gasteiger charge is -2.21. The second kappa shape index (κ2) is 7.48. The maximum absolute atomic E-state index is 5.54. The topological polar surface area (TPSA) is 61.2 Å². The highest BCUT2D eigenvalue weighted by Gasteiger charge is 2.19. The molecule has 0 saturated heterocycles. The summed E-state index contributed by atoms with van der Waals surface area (Å²) >= 11 is 3.98. The molecule has 0 amide bonds. The Hall–Kier alpha value is -1.52. The third kappa shape index (κ3) is 4.17. The number of halogens is 1. The first-order valence-electron chi connectivity index (χ1n) is 8.73. The van der Waals surface area contributed by atoms with E-state index in [0.29, 0.717) is 0 Å². The Morgan fingerprint density at radius 1 is 1.26 bits per heavy atom. The maximum Gasteiger partial charge on any atom is 0.231 e. The molecule has 3 aromatic rings. The molecule has 2 aromatic heterocycles. The lowest BCUT2D eigenvalue weighted by Crippen LogP contribution is -2.37. The zero-order valence-electron chi connectivity index (χ0n) is 15.5. The van der Waals surface area contributed by atoms with Crippen molar-refractivity contribution in [2.45, 2.75) is 42.9 Å².